The summed E-state index contributed by atoms with van der Waals surface area (Å²) in [5.74, 6) is 1.13. The lowest BCUT2D eigenvalue weighted by atomic mass is 10.1. The number of hydrogen-bond donors (Lipinski definition) is 2. The van der Waals surface area contributed by atoms with Crippen molar-refractivity contribution < 1.29 is 14.3 Å². The summed E-state index contributed by atoms with van der Waals surface area (Å²) >= 11 is 0. The van der Waals surface area contributed by atoms with Gasteiger partial charge in [0.2, 0.25) is 0 Å². The van der Waals surface area contributed by atoms with Gasteiger partial charge in [0, 0.05) is 18.0 Å². The Bertz CT molecular complexity index is 955. The number of pyridine rings is 1. The lowest BCUT2D eigenvalue weighted by Crippen LogP contribution is -2.12. The van der Waals surface area contributed by atoms with Crippen LogP contribution in [0.15, 0.2) is 60.9 Å². The van der Waals surface area contributed by atoms with E-state index in [1.165, 1.54) is 11.8 Å². The zero-order valence-corrected chi connectivity index (χ0v) is 16.2. The molecule has 0 aliphatic rings. The number of carbonyl (C=O) groups is 1. The fourth-order valence-corrected chi connectivity index (χ4v) is 2.73. The van der Waals surface area contributed by atoms with Gasteiger partial charge in [0.1, 0.15) is 11.5 Å². The maximum absolute atomic E-state index is 12.6. The van der Waals surface area contributed by atoms with Gasteiger partial charge in [-0.05, 0) is 42.3 Å². The molecular weight excluding hydrogens is 354 g/mol. The molecule has 0 spiro atoms. The Hall–Kier alpha value is -3.54. The van der Waals surface area contributed by atoms with Crippen molar-refractivity contribution in [3.05, 3.63) is 72.1 Å². The van der Waals surface area contributed by atoms with Crippen LogP contribution in [0.1, 0.15) is 22.8 Å². The van der Waals surface area contributed by atoms with E-state index in [1.54, 1.807) is 26.5 Å². The van der Waals surface area contributed by atoms with Crippen molar-refractivity contribution in [2.24, 2.45) is 0 Å². The fraction of sp³-hybridized carbons (Fsp3) is 0.182. The van der Waals surface area contributed by atoms with Crippen LogP contribution in [0.5, 0.6) is 11.5 Å². The topological polar surface area (TPSA) is 72.5 Å². The second kappa shape index (κ2) is 8.90. The average molecular weight is 377 g/mol. The van der Waals surface area contributed by atoms with E-state index in [4.69, 9.17) is 9.47 Å². The van der Waals surface area contributed by atoms with Crippen molar-refractivity contribution in [3.63, 3.8) is 0 Å². The van der Waals surface area contributed by atoms with Crippen molar-refractivity contribution in [3.8, 4) is 11.5 Å². The molecule has 0 saturated carbocycles. The Kier molecular flexibility index (Phi) is 6.11. The molecule has 1 aromatic heterocycles. The predicted octanol–water partition coefficient (Wildman–Crippen LogP) is 4.66. The van der Waals surface area contributed by atoms with Gasteiger partial charge in [-0.3, -0.25) is 9.78 Å². The Morgan fingerprint density at radius 2 is 1.75 bits per heavy atom. The summed E-state index contributed by atoms with van der Waals surface area (Å²) < 4.78 is 10.6. The van der Waals surface area contributed by atoms with E-state index in [2.05, 4.69) is 22.5 Å². The number of hydrogen-bond acceptors (Lipinski definition) is 5. The number of anilines is 3. The molecule has 0 bridgehead atoms. The molecule has 2 aromatic carbocycles. The number of aromatic nitrogens is 1. The van der Waals surface area contributed by atoms with Gasteiger partial charge in [-0.1, -0.05) is 19.1 Å². The number of nitrogens with one attached hydrogen (secondary N) is 2. The number of rotatable bonds is 7. The summed E-state index contributed by atoms with van der Waals surface area (Å²) in [5, 5.41) is 6.11. The number of amides is 1. The molecule has 1 amide bonds. The summed E-state index contributed by atoms with van der Waals surface area (Å²) in [6.07, 6.45) is 4.13. The van der Waals surface area contributed by atoms with Gasteiger partial charge in [-0.2, -0.15) is 0 Å². The van der Waals surface area contributed by atoms with E-state index in [0.29, 0.717) is 22.7 Å². The smallest absolute Gasteiger partial charge is 0.257 e. The number of aryl methyl sites for hydroxylation is 1. The third-order valence-electron chi connectivity index (χ3n) is 4.31. The highest BCUT2D eigenvalue weighted by Crippen LogP contribution is 2.31. The summed E-state index contributed by atoms with van der Waals surface area (Å²) in [6, 6.07) is 15.0. The number of methoxy groups -OCH3 is 2. The summed E-state index contributed by atoms with van der Waals surface area (Å²) in [4.78, 5) is 16.7. The minimum atomic E-state index is -0.224. The Labute approximate surface area is 164 Å². The SMILES string of the molecule is CCc1ccc(NC(=O)c2cncc(Nc3cc(OC)ccc3OC)c2)cc1. The first-order chi connectivity index (χ1) is 13.6. The normalized spacial score (nSPS) is 10.2. The molecule has 6 nitrogen and oxygen atoms in total. The first-order valence-corrected chi connectivity index (χ1v) is 8.97. The molecule has 0 atom stereocenters. The highest BCUT2D eigenvalue weighted by Gasteiger charge is 2.10. The van der Waals surface area contributed by atoms with Crippen LogP contribution in [0.2, 0.25) is 0 Å². The summed E-state index contributed by atoms with van der Waals surface area (Å²) in [7, 11) is 3.20. The molecule has 0 unspecified atom stereocenters. The molecule has 0 aliphatic carbocycles. The molecule has 3 rings (SSSR count). The van der Waals surface area contributed by atoms with Crippen LogP contribution >= 0.6 is 0 Å². The third-order valence-corrected chi connectivity index (χ3v) is 4.31. The van der Waals surface area contributed by atoms with E-state index >= 15 is 0 Å². The molecule has 28 heavy (non-hydrogen) atoms. The molecule has 2 N–H and O–H groups in total. The van der Waals surface area contributed by atoms with E-state index in [9.17, 15) is 4.79 Å². The second-order valence-corrected chi connectivity index (χ2v) is 6.16. The molecule has 6 heteroatoms. The fourth-order valence-electron chi connectivity index (χ4n) is 2.73. The Balaban J connectivity index is 1.77. The van der Waals surface area contributed by atoms with Crippen LogP contribution in [-0.4, -0.2) is 25.1 Å². The largest absolute Gasteiger partial charge is 0.497 e. The van der Waals surface area contributed by atoms with Crippen molar-refractivity contribution in [2.45, 2.75) is 13.3 Å². The zero-order valence-electron chi connectivity index (χ0n) is 16.2. The van der Waals surface area contributed by atoms with E-state index in [-0.39, 0.29) is 5.91 Å². The van der Waals surface area contributed by atoms with E-state index in [1.807, 2.05) is 42.5 Å². The maximum atomic E-state index is 12.6. The van der Waals surface area contributed by atoms with Crippen molar-refractivity contribution in [1.29, 1.82) is 0 Å². The van der Waals surface area contributed by atoms with Crippen LogP contribution < -0.4 is 20.1 Å². The highest BCUT2D eigenvalue weighted by atomic mass is 16.5. The molecule has 0 aliphatic heterocycles. The molecule has 144 valence electrons. The van der Waals surface area contributed by atoms with Gasteiger partial charge >= 0.3 is 0 Å². The third kappa shape index (κ3) is 4.59. The number of carbonyl (C=O) groups excluding carboxylic acids is 1. The maximum Gasteiger partial charge on any atom is 0.257 e. The second-order valence-electron chi connectivity index (χ2n) is 6.16. The first kappa shape index (κ1) is 19.2. The van der Waals surface area contributed by atoms with Crippen LogP contribution in [0.25, 0.3) is 0 Å². The number of nitrogens with zero attached hydrogens (tertiary/aromatic N) is 1. The molecule has 0 radical (unpaired) electrons. The summed E-state index contributed by atoms with van der Waals surface area (Å²) in [6.45, 7) is 2.09. The predicted molar refractivity (Wildman–Crippen MR) is 111 cm³/mol. The van der Waals surface area contributed by atoms with Gasteiger partial charge in [0.05, 0.1) is 37.4 Å². The van der Waals surface area contributed by atoms with Gasteiger partial charge in [0.15, 0.2) is 0 Å². The van der Waals surface area contributed by atoms with Crippen molar-refractivity contribution >= 4 is 23.0 Å². The molecule has 1 heterocycles. The van der Waals surface area contributed by atoms with Crippen LogP contribution in [0.4, 0.5) is 17.1 Å². The summed E-state index contributed by atoms with van der Waals surface area (Å²) in [5.41, 5.74) is 3.80. The van der Waals surface area contributed by atoms with Gasteiger partial charge < -0.3 is 20.1 Å². The van der Waals surface area contributed by atoms with E-state index in [0.717, 1.165) is 17.8 Å². The highest BCUT2D eigenvalue weighted by molar-refractivity contribution is 6.04. The van der Waals surface area contributed by atoms with Gasteiger partial charge in [-0.25, -0.2) is 0 Å². The number of ether oxygens (including phenoxy) is 2. The zero-order chi connectivity index (χ0) is 19.9. The monoisotopic (exact) mass is 377 g/mol. The standard InChI is InChI=1S/C22H23N3O3/c1-4-15-5-7-17(8-6-15)25-22(26)16-11-18(14-23-13-16)24-20-12-19(27-2)9-10-21(20)28-3/h5-14,24H,4H2,1-3H3,(H,25,26). The minimum absolute atomic E-state index is 0.224. The number of benzene rings is 2. The Morgan fingerprint density at radius 1 is 0.964 bits per heavy atom. The molecule has 0 fully saturated rings. The average Bonchev–Trinajstić information content (AvgIpc) is 2.74. The quantitative estimate of drug-likeness (QED) is 0.627. The lowest BCUT2D eigenvalue weighted by Gasteiger charge is -2.13. The minimum Gasteiger partial charge on any atom is -0.497 e. The van der Waals surface area contributed by atoms with Crippen LogP contribution in [-0.2, 0) is 6.42 Å². The molecular formula is C22H23N3O3. The van der Waals surface area contributed by atoms with Crippen molar-refractivity contribution in [1.82, 2.24) is 4.98 Å². The van der Waals surface area contributed by atoms with Gasteiger partial charge in [-0.15, -0.1) is 0 Å². The van der Waals surface area contributed by atoms with Gasteiger partial charge in [0.25, 0.3) is 5.91 Å². The van der Waals surface area contributed by atoms with Crippen LogP contribution in [0.3, 0.4) is 0 Å². The molecule has 3 aromatic rings. The van der Waals surface area contributed by atoms with E-state index < -0.39 is 0 Å². The molecule has 0 saturated heterocycles. The lowest BCUT2D eigenvalue weighted by molar-refractivity contribution is 0.102. The first-order valence-electron chi connectivity index (χ1n) is 8.97. The Morgan fingerprint density at radius 3 is 2.43 bits per heavy atom. The van der Waals surface area contributed by atoms with Crippen molar-refractivity contribution in [2.75, 3.05) is 24.9 Å². The van der Waals surface area contributed by atoms with Crippen LogP contribution in [0, 0.1) is 0 Å².